The summed E-state index contributed by atoms with van der Waals surface area (Å²) < 4.78 is 10.4. The number of hydrogen-bond acceptors (Lipinski definition) is 4. The summed E-state index contributed by atoms with van der Waals surface area (Å²) in [6.45, 7) is 5.54. The third kappa shape index (κ3) is 3.69. The van der Waals surface area contributed by atoms with E-state index in [-0.39, 0.29) is 11.1 Å². The van der Waals surface area contributed by atoms with E-state index in [0.717, 1.165) is 27.7 Å². The maximum atomic E-state index is 10.9. The smallest absolute Gasteiger partial charge is 0.339 e. The van der Waals surface area contributed by atoms with Crippen molar-refractivity contribution in [2.24, 2.45) is 0 Å². The molecule has 0 aliphatic heterocycles. The van der Waals surface area contributed by atoms with Crippen molar-refractivity contribution in [3.8, 4) is 0 Å². The molecule has 138 valence electrons. The first-order valence-electron chi connectivity index (χ1n) is 8.21. The molecule has 0 amide bonds. The summed E-state index contributed by atoms with van der Waals surface area (Å²) in [5.41, 5.74) is 3.20. The van der Waals surface area contributed by atoms with E-state index in [9.17, 15) is 9.59 Å². The quantitative estimate of drug-likeness (QED) is 0.506. The summed E-state index contributed by atoms with van der Waals surface area (Å²) in [5.74, 6) is -1.18. The van der Waals surface area contributed by atoms with Gasteiger partial charge < -0.3 is 19.0 Å². The number of aryl methyl sites for hydroxylation is 3. The predicted molar refractivity (Wildman–Crippen MR) is 101 cm³/mol. The van der Waals surface area contributed by atoms with Crippen molar-refractivity contribution in [1.82, 2.24) is 0 Å². The Kier molecular flexibility index (Phi) is 4.73. The molecule has 0 atom stereocenters. The number of furan rings is 2. The second-order valence-electron chi connectivity index (χ2n) is 6.35. The highest BCUT2D eigenvalue weighted by Crippen LogP contribution is 2.24. The van der Waals surface area contributed by atoms with E-state index < -0.39 is 11.9 Å². The molecule has 0 fully saturated rings. The molecule has 2 aromatic carbocycles. The molecule has 0 aliphatic rings. The average Bonchev–Trinajstić information content (AvgIpc) is 3.18. The fourth-order valence-corrected chi connectivity index (χ4v) is 2.98. The highest BCUT2D eigenvalue weighted by Gasteiger charge is 2.13. The topological polar surface area (TPSA) is 101 Å². The third-order valence-corrected chi connectivity index (χ3v) is 4.04. The molecule has 2 aromatic heterocycles. The van der Waals surface area contributed by atoms with Crippen LogP contribution in [0.3, 0.4) is 0 Å². The Balaban J connectivity index is 0.000000156. The van der Waals surface area contributed by atoms with Gasteiger partial charge in [0, 0.05) is 10.8 Å². The van der Waals surface area contributed by atoms with Gasteiger partial charge in [0.15, 0.2) is 0 Å². The van der Waals surface area contributed by atoms with Crippen LogP contribution in [0.2, 0.25) is 0 Å². The zero-order chi connectivity index (χ0) is 19.7. The number of carbonyl (C=O) groups is 2. The Morgan fingerprint density at radius 2 is 1.33 bits per heavy atom. The van der Waals surface area contributed by atoms with Gasteiger partial charge in [-0.2, -0.15) is 0 Å². The first kappa shape index (κ1) is 18.3. The largest absolute Gasteiger partial charge is 0.478 e. The predicted octanol–water partition coefficient (Wildman–Crippen LogP) is 5.19. The van der Waals surface area contributed by atoms with Gasteiger partial charge in [-0.3, -0.25) is 0 Å². The average molecular weight is 366 g/mol. The van der Waals surface area contributed by atoms with Crippen molar-refractivity contribution >= 4 is 33.9 Å². The molecule has 2 N–H and O–H groups in total. The minimum Gasteiger partial charge on any atom is -0.478 e. The van der Waals surface area contributed by atoms with Crippen molar-refractivity contribution in [2.45, 2.75) is 20.8 Å². The monoisotopic (exact) mass is 366 g/mol. The number of fused-ring (bicyclic) bond motifs is 2. The molecule has 4 aromatic rings. The lowest BCUT2D eigenvalue weighted by atomic mass is 10.1. The van der Waals surface area contributed by atoms with Crippen molar-refractivity contribution in [1.29, 1.82) is 0 Å². The Hall–Kier alpha value is -3.54. The summed E-state index contributed by atoms with van der Waals surface area (Å²) in [7, 11) is 0. The summed E-state index contributed by atoms with van der Waals surface area (Å²) >= 11 is 0. The minimum absolute atomic E-state index is 0.222. The van der Waals surface area contributed by atoms with Gasteiger partial charge >= 0.3 is 11.9 Å². The summed E-state index contributed by atoms with van der Waals surface area (Å²) in [4.78, 5) is 21.7. The number of hydrogen-bond donors (Lipinski definition) is 2. The number of carboxylic acids is 2. The highest BCUT2D eigenvalue weighted by molar-refractivity contribution is 6.02. The van der Waals surface area contributed by atoms with Crippen LogP contribution in [0.15, 0.2) is 51.5 Å². The summed E-state index contributed by atoms with van der Waals surface area (Å²) in [6, 6.07) is 10.6. The van der Waals surface area contributed by atoms with E-state index >= 15 is 0 Å². The lowest BCUT2D eigenvalue weighted by Crippen LogP contribution is -1.96. The van der Waals surface area contributed by atoms with E-state index in [1.807, 2.05) is 32.0 Å². The standard InChI is InChI=1S/C11H10O3.C10H8O3/c1-6-3-8-5-7(2)14-10(8)9(4-6)11(12)13;1-6-4-7-2-3-13-9(7)8(5-6)10(11)12/h3-5H,1-2H3,(H,12,13);2-5H,1H3,(H,11,12). The van der Waals surface area contributed by atoms with Crippen LogP contribution in [0.5, 0.6) is 0 Å². The molecular formula is C21H18O6. The van der Waals surface area contributed by atoms with Gasteiger partial charge in [-0.25, -0.2) is 9.59 Å². The number of rotatable bonds is 2. The molecule has 4 rings (SSSR count). The Labute approximate surface area is 154 Å². The Morgan fingerprint density at radius 1 is 0.778 bits per heavy atom. The third-order valence-electron chi connectivity index (χ3n) is 4.04. The van der Waals surface area contributed by atoms with Crippen LogP contribution in [-0.4, -0.2) is 22.2 Å². The zero-order valence-electron chi connectivity index (χ0n) is 15.1. The molecule has 6 heteroatoms. The maximum absolute atomic E-state index is 10.9. The van der Waals surface area contributed by atoms with Gasteiger partial charge in [0.1, 0.15) is 28.1 Å². The minimum atomic E-state index is -0.955. The normalized spacial score (nSPS) is 10.6. The van der Waals surface area contributed by atoms with Crippen molar-refractivity contribution in [3.05, 3.63) is 70.7 Å². The number of benzene rings is 2. The fourth-order valence-electron chi connectivity index (χ4n) is 2.98. The van der Waals surface area contributed by atoms with E-state index in [1.165, 1.54) is 6.26 Å². The van der Waals surface area contributed by atoms with Crippen LogP contribution in [0.4, 0.5) is 0 Å². The molecular weight excluding hydrogens is 348 g/mol. The van der Waals surface area contributed by atoms with Crippen LogP contribution in [-0.2, 0) is 0 Å². The fraction of sp³-hybridized carbons (Fsp3) is 0.143. The van der Waals surface area contributed by atoms with Crippen LogP contribution in [0.1, 0.15) is 37.6 Å². The van der Waals surface area contributed by atoms with Gasteiger partial charge in [-0.05, 0) is 68.3 Å². The molecule has 0 unspecified atom stereocenters. The van der Waals surface area contributed by atoms with Gasteiger partial charge in [0.2, 0.25) is 0 Å². The summed E-state index contributed by atoms with van der Waals surface area (Å²) in [5, 5.41) is 19.5. The first-order valence-corrected chi connectivity index (χ1v) is 8.21. The van der Waals surface area contributed by atoms with Gasteiger partial charge in [-0.1, -0.05) is 0 Å². The maximum Gasteiger partial charge on any atom is 0.339 e. The molecule has 0 bridgehead atoms. The van der Waals surface area contributed by atoms with E-state index in [0.29, 0.717) is 11.2 Å². The first-order chi connectivity index (χ1) is 12.8. The molecule has 0 spiro atoms. The Morgan fingerprint density at radius 3 is 1.93 bits per heavy atom. The molecule has 0 saturated carbocycles. The highest BCUT2D eigenvalue weighted by atomic mass is 16.4. The van der Waals surface area contributed by atoms with Crippen molar-refractivity contribution in [3.63, 3.8) is 0 Å². The molecule has 0 saturated heterocycles. The zero-order valence-corrected chi connectivity index (χ0v) is 15.1. The Bertz CT molecular complexity index is 1160. The van der Waals surface area contributed by atoms with Crippen LogP contribution in [0.25, 0.3) is 21.9 Å². The SMILES string of the molecule is Cc1cc(C(=O)O)c2oc(C)cc2c1.Cc1cc(C(=O)O)c2occc2c1. The molecule has 6 nitrogen and oxygen atoms in total. The van der Waals surface area contributed by atoms with Crippen LogP contribution in [0, 0.1) is 20.8 Å². The van der Waals surface area contributed by atoms with Crippen LogP contribution < -0.4 is 0 Å². The lowest BCUT2D eigenvalue weighted by Gasteiger charge is -1.98. The summed E-state index contributed by atoms with van der Waals surface area (Å²) in [6.07, 6.45) is 1.50. The molecule has 2 heterocycles. The second kappa shape index (κ2) is 6.99. The van der Waals surface area contributed by atoms with E-state index in [4.69, 9.17) is 19.0 Å². The van der Waals surface area contributed by atoms with Crippen molar-refractivity contribution in [2.75, 3.05) is 0 Å². The lowest BCUT2D eigenvalue weighted by molar-refractivity contribution is 0.0686. The van der Waals surface area contributed by atoms with Gasteiger partial charge in [0.25, 0.3) is 0 Å². The molecule has 0 aliphatic carbocycles. The molecule has 0 radical (unpaired) electrons. The van der Waals surface area contributed by atoms with E-state index in [1.54, 1.807) is 25.1 Å². The van der Waals surface area contributed by atoms with Gasteiger partial charge in [-0.15, -0.1) is 0 Å². The van der Waals surface area contributed by atoms with Crippen LogP contribution >= 0.6 is 0 Å². The number of aromatic carboxylic acids is 2. The number of carboxylic acid groups (broad SMARTS) is 2. The van der Waals surface area contributed by atoms with Gasteiger partial charge in [0.05, 0.1) is 6.26 Å². The molecule has 27 heavy (non-hydrogen) atoms. The second-order valence-corrected chi connectivity index (χ2v) is 6.35. The van der Waals surface area contributed by atoms with E-state index in [2.05, 4.69) is 0 Å². The van der Waals surface area contributed by atoms with Crippen molar-refractivity contribution < 1.29 is 28.6 Å².